The first-order chi connectivity index (χ1) is 19.9. The molecule has 2 aromatic heterocycles. The summed E-state index contributed by atoms with van der Waals surface area (Å²) in [6.07, 6.45) is 6.65. The summed E-state index contributed by atoms with van der Waals surface area (Å²) in [6.45, 7) is 3.20. The van der Waals surface area contributed by atoms with Gasteiger partial charge in [0, 0.05) is 47.6 Å². The zero-order valence-electron chi connectivity index (χ0n) is 23.0. The maximum absolute atomic E-state index is 15.0. The summed E-state index contributed by atoms with van der Waals surface area (Å²) in [6, 6.07) is 7.02. The number of ether oxygens (including phenoxy) is 2. The number of carbonyl (C=O) groups is 2. The number of rotatable bonds is 6. The van der Waals surface area contributed by atoms with Crippen molar-refractivity contribution in [2.75, 3.05) is 14.2 Å². The Morgan fingerprint density at radius 1 is 1.10 bits per heavy atom. The van der Waals surface area contributed by atoms with Gasteiger partial charge in [-0.1, -0.05) is 5.92 Å². The van der Waals surface area contributed by atoms with E-state index in [0.717, 1.165) is 18.3 Å². The number of halogens is 3. The fourth-order valence-electron chi connectivity index (χ4n) is 4.56. The second-order valence-corrected chi connectivity index (χ2v) is 10.0. The number of aromatic nitrogens is 3. The summed E-state index contributed by atoms with van der Waals surface area (Å²) in [5, 5.41) is 4.48. The molecule has 214 valence electrons. The molecular weight excluding hydrogens is 551 g/mol. The van der Waals surface area contributed by atoms with Crippen LogP contribution in [-0.4, -0.2) is 51.2 Å². The Morgan fingerprint density at radius 2 is 1.79 bits per heavy atom. The second kappa shape index (κ2) is 10.3. The average molecular weight is 576 g/mol. The number of primary amides is 1. The minimum atomic E-state index is -0.997. The summed E-state index contributed by atoms with van der Waals surface area (Å²) in [5.74, 6) is -1.04. The molecular formula is C30H24F3N5O4. The Kier molecular flexibility index (Phi) is 6.90. The van der Waals surface area contributed by atoms with E-state index >= 15 is 4.39 Å². The van der Waals surface area contributed by atoms with E-state index in [0.29, 0.717) is 17.2 Å². The molecule has 12 heteroatoms. The normalized spacial score (nSPS) is 12.0. The third-order valence-corrected chi connectivity index (χ3v) is 7.12. The van der Waals surface area contributed by atoms with Gasteiger partial charge in [-0.05, 0) is 38.1 Å². The number of fused-ring (bicyclic) bond motifs is 3. The summed E-state index contributed by atoms with van der Waals surface area (Å²) >= 11 is 0. The number of methoxy groups -OCH3 is 1. The van der Waals surface area contributed by atoms with Gasteiger partial charge in [-0.15, -0.1) is 6.42 Å². The zero-order chi connectivity index (χ0) is 30.5. The fraction of sp³-hybridized carbons (Fsp3) is 0.200. The van der Waals surface area contributed by atoms with E-state index in [1.807, 2.05) is 0 Å². The maximum atomic E-state index is 15.0. The van der Waals surface area contributed by atoms with Gasteiger partial charge in [-0.3, -0.25) is 9.59 Å². The molecule has 0 saturated heterocycles. The molecule has 9 nitrogen and oxygen atoms in total. The highest BCUT2D eigenvalue weighted by Crippen LogP contribution is 2.46. The van der Waals surface area contributed by atoms with Crippen LogP contribution < -0.4 is 15.2 Å². The first-order valence-corrected chi connectivity index (χ1v) is 12.5. The first kappa shape index (κ1) is 28.2. The van der Waals surface area contributed by atoms with Crippen LogP contribution in [0.15, 0.2) is 42.6 Å². The molecule has 0 radical (unpaired) electrons. The highest BCUT2D eigenvalue weighted by atomic mass is 19.1. The monoisotopic (exact) mass is 575 g/mol. The maximum Gasteiger partial charge on any atom is 0.275 e. The van der Waals surface area contributed by atoms with Crippen molar-refractivity contribution < 1.29 is 32.2 Å². The Hall–Kier alpha value is -5.31. The molecule has 1 aliphatic rings. The van der Waals surface area contributed by atoms with E-state index in [2.05, 4.69) is 16.0 Å². The van der Waals surface area contributed by atoms with E-state index < -0.39 is 34.9 Å². The van der Waals surface area contributed by atoms with E-state index in [1.165, 1.54) is 41.9 Å². The van der Waals surface area contributed by atoms with E-state index in [9.17, 15) is 18.4 Å². The quantitative estimate of drug-likeness (QED) is 0.268. The van der Waals surface area contributed by atoms with Crippen molar-refractivity contribution in [1.29, 1.82) is 0 Å². The molecule has 3 heterocycles. The van der Waals surface area contributed by atoms with Crippen LogP contribution in [0.4, 0.5) is 13.2 Å². The number of carbonyl (C=O) groups excluding carboxylic acids is 2. The summed E-state index contributed by atoms with van der Waals surface area (Å²) in [4.78, 5) is 30.4. The Bertz CT molecular complexity index is 1810. The van der Waals surface area contributed by atoms with E-state index in [1.54, 1.807) is 13.8 Å². The lowest BCUT2D eigenvalue weighted by atomic mass is 9.95. The third-order valence-electron chi connectivity index (χ3n) is 7.12. The molecule has 42 heavy (non-hydrogen) atoms. The number of hydrogen-bond donors (Lipinski definition) is 1. The van der Waals surface area contributed by atoms with Crippen LogP contribution in [0.25, 0.3) is 28.1 Å². The van der Waals surface area contributed by atoms with Crippen LogP contribution in [0.1, 0.15) is 40.3 Å². The van der Waals surface area contributed by atoms with Gasteiger partial charge in [0.05, 0.1) is 29.6 Å². The zero-order valence-corrected chi connectivity index (χ0v) is 23.0. The van der Waals surface area contributed by atoms with E-state index in [-0.39, 0.29) is 51.9 Å². The van der Waals surface area contributed by atoms with Gasteiger partial charge in [0.15, 0.2) is 5.69 Å². The van der Waals surface area contributed by atoms with Gasteiger partial charge in [-0.2, -0.15) is 9.49 Å². The summed E-state index contributed by atoms with van der Waals surface area (Å²) in [7, 11) is 2.87. The topological polar surface area (TPSA) is 113 Å². The third kappa shape index (κ3) is 4.68. The highest BCUT2D eigenvalue weighted by molar-refractivity contribution is 5.98. The van der Waals surface area contributed by atoms with Gasteiger partial charge >= 0.3 is 0 Å². The van der Waals surface area contributed by atoms with Crippen molar-refractivity contribution in [3.05, 3.63) is 77.0 Å². The Balaban J connectivity index is 1.81. The van der Waals surface area contributed by atoms with Crippen LogP contribution in [0.3, 0.4) is 0 Å². The number of benzene rings is 2. The minimum Gasteiger partial charge on any atom is -0.496 e. The lowest BCUT2D eigenvalue weighted by Gasteiger charge is -2.30. The minimum absolute atomic E-state index is 0.0181. The smallest absolute Gasteiger partial charge is 0.275 e. The fourth-order valence-corrected chi connectivity index (χ4v) is 4.56. The highest BCUT2D eigenvalue weighted by Gasteiger charge is 2.36. The standard InChI is InChI=1S/C30H24F3N5O4/c1-6-30(2,3)37(4)29(40)25-22-14-42-24-12-23(41-5)19(20-7-15(28(34)39)13-35-27(20)33)11-21(24)26(22)38(36-25)18-9-16(31)8-17(32)10-18/h1,7-13H,14H2,2-5H3,(H2,34,39). The summed E-state index contributed by atoms with van der Waals surface area (Å²) in [5.41, 5.74) is 5.19. The Morgan fingerprint density at radius 3 is 2.40 bits per heavy atom. The molecule has 2 N–H and O–H groups in total. The average Bonchev–Trinajstić information content (AvgIpc) is 3.35. The largest absolute Gasteiger partial charge is 0.496 e. The molecule has 0 spiro atoms. The molecule has 0 bridgehead atoms. The van der Waals surface area contributed by atoms with Crippen LogP contribution in [0.5, 0.6) is 11.5 Å². The predicted octanol–water partition coefficient (Wildman–Crippen LogP) is 4.50. The number of pyridine rings is 1. The van der Waals surface area contributed by atoms with Crippen LogP contribution in [-0.2, 0) is 6.61 Å². The number of amides is 2. The van der Waals surface area contributed by atoms with Gasteiger partial charge < -0.3 is 20.1 Å². The lowest BCUT2D eigenvalue weighted by molar-refractivity contribution is 0.0691. The van der Waals surface area contributed by atoms with Gasteiger partial charge in [0.25, 0.3) is 5.91 Å². The number of terminal acetylenes is 1. The molecule has 0 saturated carbocycles. The molecule has 2 aromatic carbocycles. The second-order valence-electron chi connectivity index (χ2n) is 10.0. The van der Waals surface area contributed by atoms with Crippen molar-refractivity contribution in [1.82, 2.24) is 19.7 Å². The molecule has 2 amide bonds. The van der Waals surface area contributed by atoms with Gasteiger partial charge in [0.2, 0.25) is 11.9 Å². The molecule has 1 aliphatic heterocycles. The molecule has 4 aromatic rings. The first-order valence-electron chi connectivity index (χ1n) is 12.5. The number of nitrogens with zero attached hydrogens (tertiary/aromatic N) is 4. The SMILES string of the molecule is C#CC(C)(C)N(C)C(=O)c1nn(-c2cc(F)cc(F)c2)c2c1COc1cc(OC)c(-c3cc(C(N)=O)cnc3F)cc1-2. The van der Waals surface area contributed by atoms with Gasteiger partial charge in [0.1, 0.15) is 29.7 Å². The molecule has 5 rings (SSSR count). The van der Waals surface area contributed by atoms with Gasteiger partial charge in [-0.25, -0.2) is 18.4 Å². The molecule has 0 atom stereocenters. The van der Waals surface area contributed by atoms with Crippen molar-refractivity contribution in [2.45, 2.75) is 26.0 Å². The lowest BCUT2D eigenvalue weighted by Crippen LogP contribution is -2.44. The van der Waals surface area contributed by atoms with Crippen molar-refractivity contribution in [3.63, 3.8) is 0 Å². The van der Waals surface area contributed by atoms with Crippen molar-refractivity contribution in [3.8, 4) is 51.9 Å². The predicted molar refractivity (Wildman–Crippen MR) is 147 cm³/mol. The Labute approximate surface area is 238 Å². The van der Waals surface area contributed by atoms with Crippen molar-refractivity contribution in [2.24, 2.45) is 5.73 Å². The molecule has 0 unspecified atom stereocenters. The van der Waals surface area contributed by atoms with Crippen LogP contribution >= 0.6 is 0 Å². The molecule has 0 aliphatic carbocycles. The van der Waals surface area contributed by atoms with Crippen molar-refractivity contribution >= 4 is 11.8 Å². The van der Waals surface area contributed by atoms with Crippen LogP contribution in [0, 0.1) is 29.9 Å². The molecule has 0 fully saturated rings. The number of hydrogen-bond acceptors (Lipinski definition) is 6. The van der Waals surface area contributed by atoms with Crippen LogP contribution in [0.2, 0.25) is 0 Å². The van der Waals surface area contributed by atoms with E-state index in [4.69, 9.17) is 21.6 Å². The summed E-state index contributed by atoms with van der Waals surface area (Å²) < 4.78 is 56.4. The number of nitrogens with two attached hydrogens (primary N) is 1.